The van der Waals surface area contributed by atoms with Crippen LogP contribution in [0.5, 0.6) is 0 Å². The Hall–Kier alpha value is -1.58. The van der Waals surface area contributed by atoms with E-state index in [0.717, 1.165) is 22.9 Å². The van der Waals surface area contributed by atoms with Crippen LogP contribution in [0.3, 0.4) is 0 Å². The number of nitrogens with zero attached hydrogens (tertiary/aromatic N) is 2. The average Bonchev–Trinajstić information content (AvgIpc) is 3.02. The van der Waals surface area contributed by atoms with Gasteiger partial charge in [0.2, 0.25) is 0 Å². The van der Waals surface area contributed by atoms with Gasteiger partial charge in [0.25, 0.3) is 0 Å². The van der Waals surface area contributed by atoms with Gasteiger partial charge < -0.3 is 21.8 Å². The summed E-state index contributed by atoms with van der Waals surface area (Å²) >= 11 is 0. The first-order chi connectivity index (χ1) is 12.1. The van der Waals surface area contributed by atoms with E-state index in [1.807, 2.05) is 0 Å². The number of carbonyl (C=O) groups excluding carboxylic acids is 1. The van der Waals surface area contributed by atoms with E-state index in [1.54, 1.807) is 0 Å². The van der Waals surface area contributed by atoms with Crippen LogP contribution in [0.1, 0.15) is 31.7 Å². The van der Waals surface area contributed by atoms with Gasteiger partial charge >= 0.3 is 0 Å². The van der Waals surface area contributed by atoms with Crippen molar-refractivity contribution in [2.24, 2.45) is 5.92 Å². The lowest BCUT2D eigenvalue weighted by Gasteiger charge is -2.45. The van der Waals surface area contributed by atoms with Crippen molar-refractivity contribution in [1.82, 2.24) is 0 Å². The number of hydrogen-bond donors (Lipinski definition) is 0. The minimum Gasteiger partial charge on any atom is -1.00 e. The SMILES string of the molecule is C/C=C1\CC[N+]2(C)CCC34C(=C(C=O)C1CC32)N(C)c1ccccc14.[Cl-]. The summed E-state index contributed by atoms with van der Waals surface area (Å²) in [4.78, 5) is 14.6. The highest BCUT2D eigenvalue weighted by Crippen LogP contribution is 2.63. The van der Waals surface area contributed by atoms with Crippen LogP contribution in [0.15, 0.2) is 47.2 Å². The molecule has 3 nitrogen and oxygen atoms in total. The Labute approximate surface area is 162 Å². The van der Waals surface area contributed by atoms with Crippen LogP contribution in [0.4, 0.5) is 5.69 Å². The molecule has 1 aromatic rings. The lowest BCUT2D eigenvalue weighted by Crippen LogP contribution is -3.00. The van der Waals surface area contributed by atoms with Gasteiger partial charge in [0.05, 0.1) is 25.6 Å². The van der Waals surface area contributed by atoms with E-state index >= 15 is 0 Å². The van der Waals surface area contributed by atoms with Crippen molar-refractivity contribution < 1.29 is 21.7 Å². The summed E-state index contributed by atoms with van der Waals surface area (Å²) in [6, 6.07) is 9.43. The molecule has 4 unspecified atom stereocenters. The lowest BCUT2D eigenvalue weighted by atomic mass is 9.63. The van der Waals surface area contributed by atoms with Crippen molar-refractivity contribution in [2.45, 2.75) is 37.6 Å². The first kappa shape index (κ1) is 17.8. The van der Waals surface area contributed by atoms with E-state index in [1.165, 1.54) is 48.3 Å². The number of halogens is 1. The minimum atomic E-state index is 0. The summed E-state index contributed by atoms with van der Waals surface area (Å²) in [5.74, 6) is 0.311. The average molecular weight is 371 g/mol. The number of carbonyl (C=O) groups is 1. The van der Waals surface area contributed by atoms with Crippen LogP contribution in [-0.4, -0.2) is 44.0 Å². The molecule has 5 rings (SSSR count). The molecule has 1 aliphatic carbocycles. The summed E-state index contributed by atoms with van der Waals surface area (Å²) in [7, 11) is 4.63. The van der Waals surface area contributed by atoms with Crippen LogP contribution in [-0.2, 0) is 10.2 Å². The van der Waals surface area contributed by atoms with E-state index in [9.17, 15) is 4.79 Å². The van der Waals surface area contributed by atoms with E-state index in [2.05, 4.69) is 56.3 Å². The van der Waals surface area contributed by atoms with Gasteiger partial charge in [0.15, 0.2) is 0 Å². The summed E-state index contributed by atoms with van der Waals surface area (Å²) in [5, 5.41) is 0. The number of rotatable bonds is 1. The molecule has 138 valence electrons. The zero-order chi connectivity index (χ0) is 17.4. The Balaban J connectivity index is 0.00000168. The van der Waals surface area contributed by atoms with Crippen LogP contribution in [0.2, 0.25) is 0 Å². The molecule has 1 spiro atoms. The Morgan fingerprint density at radius 1 is 1.27 bits per heavy atom. The quantitative estimate of drug-likeness (QED) is 0.406. The number of anilines is 1. The van der Waals surface area contributed by atoms with Crippen LogP contribution in [0, 0.1) is 5.92 Å². The number of likely N-dealkylation sites (N-methyl/N-ethyl adjacent to an activating group) is 2. The molecule has 4 atom stereocenters. The van der Waals surface area contributed by atoms with Gasteiger partial charge in [-0.3, -0.25) is 4.79 Å². The fourth-order valence-corrected chi connectivity index (χ4v) is 6.65. The number of fused-ring (bicyclic) bond motifs is 2. The first-order valence-corrected chi connectivity index (χ1v) is 9.59. The van der Waals surface area contributed by atoms with Crippen LogP contribution < -0.4 is 17.3 Å². The Kier molecular flexibility index (Phi) is 3.91. The maximum atomic E-state index is 12.3. The van der Waals surface area contributed by atoms with Gasteiger partial charge in [-0.25, -0.2) is 0 Å². The summed E-state index contributed by atoms with van der Waals surface area (Å²) in [5.41, 5.74) is 6.64. The Morgan fingerprint density at radius 3 is 2.77 bits per heavy atom. The molecule has 3 heterocycles. The monoisotopic (exact) mass is 370 g/mol. The van der Waals surface area contributed by atoms with Crippen molar-refractivity contribution in [3.63, 3.8) is 0 Å². The fraction of sp³-hybridized carbons (Fsp3) is 0.500. The lowest BCUT2D eigenvalue weighted by molar-refractivity contribution is -0.922. The van der Waals surface area contributed by atoms with Gasteiger partial charge in [-0.15, -0.1) is 0 Å². The van der Waals surface area contributed by atoms with Crippen molar-refractivity contribution in [3.05, 3.63) is 52.7 Å². The highest BCUT2D eigenvalue weighted by Gasteiger charge is 2.66. The van der Waals surface area contributed by atoms with Gasteiger partial charge in [0, 0.05) is 49.2 Å². The maximum absolute atomic E-state index is 12.3. The minimum absolute atomic E-state index is 0. The number of aldehydes is 1. The number of hydrogen-bond acceptors (Lipinski definition) is 2. The Morgan fingerprint density at radius 2 is 2.04 bits per heavy atom. The molecule has 3 aliphatic heterocycles. The highest BCUT2D eigenvalue weighted by atomic mass is 35.5. The molecule has 0 radical (unpaired) electrons. The number of quaternary nitrogens is 1. The van der Waals surface area contributed by atoms with E-state index in [4.69, 9.17) is 0 Å². The number of para-hydroxylation sites is 1. The molecule has 1 aromatic carbocycles. The van der Waals surface area contributed by atoms with Gasteiger partial charge in [0.1, 0.15) is 12.3 Å². The van der Waals surface area contributed by atoms with E-state index in [0.29, 0.717) is 12.0 Å². The Bertz CT molecular complexity index is 844. The van der Waals surface area contributed by atoms with Gasteiger partial charge in [-0.1, -0.05) is 29.8 Å². The molecule has 2 bridgehead atoms. The summed E-state index contributed by atoms with van der Waals surface area (Å²) in [6.07, 6.45) is 6.87. The molecular formula is C22H27ClN2O. The maximum Gasteiger partial charge on any atom is 0.148 e. The normalized spacial score (nSPS) is 38.6. The topological polar surface area (TPSA) is 20.3 Å². The third-order valence-corrected chi connectivity index (χ3v) is 7.81. The molecule has 2 fully saturated rings. The molecule has 4 aliphatic rings. The zero-order valence-corrected chi connectivity index (χ0v) is 16.6. The molecule has 0 amide bonds. The first-order valence-electron chi connectivity index (χ1n) is 9.59. The molecular weight excluding hydrogens is 344 g/mol. The second-order valence-electron chi connectivity index (χ2n) is 8.56. The van der Waals surface area contributed by atoms with Crippen molar-refractivity contribution in [2.75, 3.05) is 32.1 Å². The number of benzene rings is 1. The predicted molar refractivity (Wildman–Crippen MR) is 100 cm³/mol. The smallest absolute Gasteiger partial charge is 0.148 e. The zero-order valence-electron chi connectivity index (χ0n) is 15.8. The van der Waals surface area contributed by atoms with E-state index in [-0.39, 0.29) is 17.8 Å². The molecule has 0 N–H and O–H groups in total. The second-order valence-corrected chi connectivity index (χ2v) is 8.56. The molecule has 26 heavy (non-hydrogen) atoms. The molecule has 4 heteroatoms. The largest absolute Gasteiger partial charge is 1.00 e. The standard InChI is InChI=1S/C22H27N2O.ClH/c1-4-15-9-11-24(3)12-10-22-18-7-5-6-8-19(18)23(2)21(22)17(14-25)16(15)13-20(22)24;/h4-8,14,16,20H,9-13H2,1-3H3;1H/q+1;/p-1/b15-4+;. The van der Waals surface area contributed by atoms with Crippen molar-refractivity contribution in [1.29, 1.82) is 0 Å². The number of allylic oxidation sites excluding steroid dienone is 2. The molecule has 0 aromatic heterocycles. The summed E-state index contributed by atoms with van der Waals surface area (Å²) in [6.45, 7) is 4.56. The molecule has 2 saturated heterocycles. The van der Waals surface area contributed by atoms with Gasteiger partial charge in [-0.05, 0) is 18.6 Å². The highest BCUT2D eigenvalue weighted by molar-refractivity contribution is 5.85. The second kappa shape index (κ2) is 5.71. The van der Waals surface area contributed by atoms with E-state index < -0.39 is 0 Å². The predicted octanol–water partition coefficient (Wildman–Crippen LogP) is 0.420. The third-order valence-electron chi connectivity index (χ3n) is 7.81. The third kappa shape index (κ3) is 1.86. The molecule has 0 saturated carbocycles. The van der Waals surface area contributed by atoms with Crippen LogP contribution >= 0.6 is 0 Å². The summed E-state index contributed by atoms with van der Waals surface area (Å²) < 4.78 is 1.16. The van der Waals surface area contributed by atoms with Crippen molar-refractivity contribution in [3.8, 4) is 0 Å². The van der Waals surface area contributed by atoms with Gasteiger partial charge in [-0.2, -0.15) is 0 Å². The van der Waals surface area contributed by atoms with Crippen LogP contribution in [0.25, 0.3) is 0 Å². The van der Waals surface area contributed by atoms with Crippen molar-refractivity contribution >= 4 is 12.0 Å². The fourth-order valence-electron chi connectivity index (χ4n) is 6.65.